The molecule has 0 aliphatic rings. The summed E-state index contributed by atoms with van der Waals surface area (Å²) in [7, 11) is 1.54. The second-order valence-corrected chi connectivity index (χ2v) is 6.22. The van der Waals surface area contributed by atoms with E-state index in [1.807, 2.05) is 18.2 Å². The zero-order valence-electron chi connectivity index (χ0n) is 16.3. The molecule has 2 amide bonds. The van der Waals surface area contributed by atoms with Gasteiger partial charge in [-0.2, -0.15) is 0 Å². The Labute approximate surface area is 173 Å². The molecule has 0 aliphatic heterocycles. The topological polar surface area (TPSA) is 93.7 Å². The molecule has 7 heteroatoms. The van der Waals surface area contributed by atoms with Crippen LogP contribution >= 0.6 is 0 Å². The average Bonchev–Trinajstić information content (AvgIpc) is 2.78. The van der Waals surface area contributed by atoms with Gasteiger partial charge in [0.15, 0.2) is 6.61 Å². The first-order valence-corrected chi connectivity index (χ1v) is 9.17. The molecule has 0 fully saturated rings. The normalized spacial score (nSPS) is 10.0. The minimum atomic E-state index is -0.640. The highest BCUT2D eigenvalue weighted by molar-refractivity contribution is 5.97. The van der Waals surface area contributed by atoms with Crippen LogP contribution in [0, 0.1) is 0 Å². The maximum absolute atomic E-state index is 12.3. The number of ether oxygens (including phenoxy) is 2. The molecule has 3 aromatic carbocycles. The number of carbonyl (C=O) groups is 3. The third kappa shape index (κ3) is 5.68. The van der Waals surface area contributed by atoms with E-state index in [0.29, 0.717) is 22.7 Å². The highest BCUT2D eigenvalue weighted by atomic mass is 16.5. The lowest BCUT2D eigenvalue weighted by molar-refractivity contribution is -0.119. The maximum atomic E-state index is 12.3. The molecule has 0 radical (unpaired) electrons. The Morgan fingerprint density at radius 2 is 1.50 bits per heavy atom. The van der Waals surface area contributed by atoms with E-state index in [9.17, 15) is 14.4 Å². The summed E-state index contributed by atoms with van der Waals surface area (Å²) in [6, 6.07) is 22.0. The van der Waals surface area contributed by atoms with Crippen LogP contribution in [0.4, 0.5) is 5.69 Å². The number of hydrogen-bond donors (Lipinski definition) is 2. The van der Waals surface area contributed by atoms with Crippen molar-refractivity contribution >= 4 is 23.5 Å². The van der Waals surface area contributed by atoms with Crippen LogP contribution in [0.3, 0.4) is 0 Å². The predicted molar refractivity (Wildman–Crippen MR) is 112 cm³/mol. The quantitative estimate of drug-likeness (QED) is 0.587. The number of carbonyl (C=O) groups excluding carboxylic acids is 3. The molecule has 0 heterocycles. The van der Waals surface area contributed by atoms with Crippen LogP contribution in [0.25, 0.3) is 0 Å². The first-order chi connectivity index (χ1) is 14.5. The van der Waals surface area contributed by atoms with Gasteiger partial charge in [-0.25, -0.2) is 4.79 Å². The van der Waals surface area contributed by atoms with E-state index in [4.69, 9.17) is 9.47 Å². The first-order valence-electron chi connectivity index (χ1n) is 9.17. The van der Waals surface area contributed by atoms with Crippen LogP contribution in [-0.4, -0.2) is 31.4 Å². The summed E-state index contributed by atoms with van der Waals surface area (Å²) in [5, 5.41) is 5.12. The smallest absolute Gasteiger partial charge is 0.338 e. The standard InChI is InChI=1S/C23H20N2O5/c1-24-22(27)16-10-12-18(13-11-16)25-21(26)15-29-23(28)17-6-5-9-20(14-17)30-19-7-3-2-4-8-19/h2-14H,15H2,1H3,(H,24,27)(H,25,26). The van der Waals surface area contributed by atoms with Crippen molar-refractivity contribution in [3.05, 3.63) is 90.0 Å². The highest BCUT2D eigenvalue weighted by Crippen LogP contribution is 2.22. The lowest BCUT2D eigenvalue weighted by Gasteiger charge is -2.09. The SMILES string of the molecule is CNC(=O)c1ccc(NC(=O)COC(=O)c2cccc(Oc3ccccc3)c2)cc1. The summed E-state index contributed by atoms with van der Waals surface area (Å²) < 4.78 is 10.8. The van der Waals surface area contributed by atoms with Crippen molar-refractivity contribution < 1.29 is 23.9 Å². The predicted octanol–water partition coefficient (Wildman–Crippen LogP) is 3.63. The Bertz CT molecular complexity index is 1030. The molecule has 0 aliphatic carbocycles. The van der Waals surface area contributed by atoms with E-state index in [2.05, 4.69) is 10.6 Å². The maximum Gasteiger partial charge on any atom is 0.338 e. The van der Waals surface area contributed by atoms with Gasteiger partial charge in [-0.15, -0.1) is 0 Å². The highest BCUT2D eigenvalue weighted by Gasteiger charge is 2.12. The van der Waals surface area contributed by atoms with Gasteiger partial charge >= 0.3 is 5.97 Å². The van der Waals surface area contributed by atoms with Crippen molar-refractivity contribution in [3.63, 3.8) is 0 Å². The number of nitrogens with one attached hydrogen (secondary N) is 2. The van der Waals surface area contributed by atoms with E-state index in [1.54, 1.807) is 60.7 Å². The van der Waals surface area contributed by atoms with Crippen LogP contribution in [0.15, 0.2) is 78.9 Å². The number of rotatable bonds is 7. The van der Waals surface area contributed by atoms with Gasteiger partial charge in [0.1, 0.15) is 11.5 Å². The lowest BCUT2D eigenvalue weighted by Crippen LogP contribution is -2.21. The van der Waals surface area contributed by atoms with Gasteiger partial charge in [0.2, 0.25) is 0 Å². The van der Waals surface area contributed by atoms with E-state index >= 15 is 0 Å². The molecular formula is C23H20N2O5. The molecule has 2 N–H and O–H groups in total. The van der Waals surface area contributed by atoms with Gasteiger partial charge in [0.25, 0.3) is 11.8 Å². The van der Waals surface area contributed by atoms with Crippen LogP contribution < -0.4 is 15.4 Å². The van der Waals surface area contributed by atoms with Gasteiger partial charge in [-0.05, 0) is 54.6 Å². The van der Waals surface area contributed by atoms with Crippen molar-refractivity contribution in [3.8, 4) is 11.5 Å². The number of para-hydroxylation sites is 1. The number of hydrogen-bond acceptors (Lipinski definition) is 5. The second kappa shape index (κ2) is 9.88. The van der Waals surface area contributed by atoms with E-state index in [-0.39, 0.29) is 11.5 Å². The largest absolute Gasteiger partial charge is 0.457 e. The third-order valence-electron chi connectivity index (χ3n) is 4.04. The zero-order valence-corrected chi connectivity index (χ0v) is 16.3. The van der Waals surface area contributed by atoms with E-state index in [1.165, 1.54) is 7.05 Å². The number of anilines is 1. The van der Waals surface area contributed by atoms with Gasteiger partial charge < -0.3 is 20.1 Å². The van der Waals surface area contributed by atoms with Crippen LogP contribution in [-0.2, 0) is 9.53 Å². The monoisotopic (exact) mass is 404 g/mol. The lowest BCUT2D eigenvalue weighted by atomic mass is 10.2. The Morgan fingerprint density at radius 3 is 2.20 bits per heavy atom. The van der Waals surface area contributed by atoms with Crippen molar-refractivity contribution in [2.24, 2.45) is 0 Å². The Balaban J connectivity index is 1.53. The second-order valence-electron chi connectivity index (χ2n) is 6.22. The van der Waals surface area contributed by atoms with Crippen molar-refractivity contribution in [1.82, 2.24) is 5.32 Å². The molecule has 0 aromatic heterocycles. The molecule has 0 unspecified atom stereocenters. The molecular weight excluding hydrogens is 384 g/mol. The molecule has 3 rings (SSSR count). The molecule has 3 aromatic rings. The number of esters is 1. The number of benzene rings is 3. The Kier molecular flexibility index (Phi) is 6.78. The molecule has 0 spiro atoms. The van der Waals surface area contributed by atoms with Crippen LogP contribution in [0.2, 0.25) is 0 Å². The summed E-state index contributed by atoms with van der Waals surface area (Å²) in [6.07, 6.45) is 0. The van der Waals surface area contributed by atoms with Crippen LogP contribution in [0.5, 0.6) is 11.5 Å². The fourth-order valence-corrected chi connectivity index (χ4v) is 2.57. The first kappa shape index (κ1) is 20.6. The molecule has 152 valence electrons. The van der Waals surface area contributed by atoms with Crippen molar-refractivity contribution in [1.29, 1.82) is 0 Å². The van der Waals surface area contributed by atoms with Crippen LogP contribution in [0.1, 0.15) is 20.7 Å². The van der Waals surface area contributed by atoms with Gasteiger partial charge in [-0.1, -0.05) is 24.3 Å². The Morgan fingerprint density at radius 1 is 0.800 bits per heavy atom. The molecule has 7 nitrogen and oxygen atoms in total. The van der Waals surface area contributed by atoms with E-state index < -0.39 is 18.5 Å². The van der Waals surface area contributed by atoms with Crippen molar-refractivity contribution in [2.75, 3.05) is 19.0 Å². The summed E-state index contributed by atoms with van der Waals surface area (Å²) >= 11 is 0. The summed E-state index contributed by atoms with van der Waals surface area (Å²) in [6.45, 7) is -0.445. The fourth-order valence-electron chi connectivity index (χ4n) is 2.57. The average molecular weight is 404 g/mol. The van der Waals surface area contributed by atoms with Crippen molar-refractivity contribution in [2.45, 2.75) is 0 Å². The molecule has 30 heavy (non-hydrogen) atoms. The molecule has 0 bridgehead atoms. The Hall–Kier alpha value is -4.13. The molecule has 0 atom stereocenters. The van der Waals surface area contributed by atoms with Gasteiger partial charge in [0.05, 0.1) is 5.56 Å². The van der Waals surface area contributed by atoms with Gasteiger partial charge in [0, 0.05) is 18.3 Å². The van der Waals surface area contributed by atoms with Gasteiger partial charge in [-0.3, -0.25) is 9.59 Å². The minimum absolute atomic E-state index is 0.222. The van der Waals surface area contributed by atoms with E-state index in [0.717, 1.165) is 0 Å². The summed E-state index contributed by atoms with van der Waals surface area (Å²) in [4.78, 5) is 35.8. The molecule has 0 saturated heterocycles. The third-order valence-corrected chi connectivity index (χ3v) is 4.04. The number of amides is 2. The summed E-state index contributed by atoms with van der Waals surface area (Å²) in [5.41, 5.74) is 1.23. The molecule has 0 saturated carbocycles. The fraction of sp³-hybridized carbons (Fsp3) is 0.0870. The zero-order chi connectivity index (χ0) is 21.3. The minimum Gasteiger partial charge on any atom is -0.457 e. The summed E-state index contributed by atoms with van der Waals surface area (Å²) in [5.74, 6) is -0.229.